The zero-order valence-corrected chi connectivity index (χ0v) is 9.59. The van der Waals surface area contributed by atoms with E-state index < -0.39 is 0 Å². The lowest BCUT2D eigenvalue weighted by molar-refractivity contribution is 0.293. The normalized spacial score (nSPS) is 10.5. The molecule has 0 saturated heterocycles. The third-order valence-corrected chi connectivity index (χ3v) is 2.36. The molecule has 1 heterocycles. The third kappa shape index (κ3) is 3.04. The number of ether oxygens (including phenoxy) is 1. The molecule has 0 unspecified atom stereocenters. The summed E-state index contributed by atoms with van der Waals surface area (Å²) in [7, 11) is 1.63. The number of aliphatic hydroxyl groups excluding tert-OH is 1. The number of hydrogen-bond donors (Lipinski definition) is 1. The molecule has 0 saturated carbocycles. The molecule has 0 radical (unpaired) electrons. The number of hydrogen-bond acceptors (Lipinski definition) is 5. The summed E-state index contributed by atoms with van der Waals surface area (Å²) in [6, 6.07) is 7.68. The zero-order chi connectivity index (χ0) is 12.1. The maximum atomic E-state index is 8.74. The van der Waals surface area contributed by atoms with Crippen LogP contribution in [0.1, 0.15) is 17.3 Å². The monoisotopic (exact) mass is 234 g/mol. The molecule has 0 aliphatic carbocycles. The van der Waals surface area contributed by atoms with E-state index >= 15 is 0 Å². The van der Waals surface area contributed by atoms with Gasteiger partial charge in [0.25, 0.3) is 0 Å². The van der Waals surface area contributed by atoms with Gasteiger partial charge in [0, 0.05) is 6.42 Å². The van der Waals surface area contributed by atoms with Gasteiger partial charge in [-0.3, -0.25) is 0 Å². The van der Waals surface area contributed by atoms with Gasteiger partial charge in [-0.2, -0.15) is 4.98 Å². The minimum Gasteiger partial charge on any atom is -0.497 e. The SMILES string of the molecule is COc1ccc(Cc2nc(CCO)no2)cc1. The van der Waals surface area contributed by atoms with Crippen LogP contribution in [0.2, 0.25) is 0 Å². The number of aliphatic hydroxyl groups is 1. The largest absolute Gasteiger partial charge is 0.497 e. The maximum Gasteiger partial charge on any atom is 0.231 e. The van der Waals surface area contributed by atoms with E-state index in [2.05, 4.69) is 10.1 Å². The molecule has 2 aromatic rings. The van der Waals surface area contributed by atoms with Crippen LogP contribution in [0.5, 0.6) is 5.75 Å². The molecule has 1 aromatic carbocycles. The summed E-state index contributed by atoms with van der Waals surface area (Å²) in [5, 5.41) is 12.5. The van der Waals surface area contributed by atoms with Crippen molar-refractivity contribution >= 4 is 0 Å². The molecule has 1 aromatic heterocycles. The second-order valence-electron chi connectivity index (χ2n) is 3.60. The van der Waals surface area contributed by atoms with Crippen molar-refractivity contribution in [3.63, 3.8) is 0 Å². The summed E-state index contributed by atoms with van der Waals surface area (Å²) in [6.07, 6.45) is 1.01. The molecule has 0 bridgehead atoms. The Hall–Kier alpha value is -1.88. The highest BCUT2D eigenvalue weighted by atomic mass is 16.5. The number of rotatable bonds is 5. The quantitative estimate of drug-likeness (QED) is 0.842. The van der Waals surface area contributed by atoms with E-state index in [-0.39, 0.29) is 6.61 Å². The lowest BCUT2D eigenvalue weighted by Gasteiger charge is -2.00. The summed E-state index contributed by atoms with van der Waals surface area (Å²) in [5.74, 6) is 1.91. The van der Waals surface area contributed by atoms with Gasteiger partial charge in [-0.05, 0) is 17.7 Å². The fourth-order valence-electron chi connectivity index (χ4n) is 1.48. The Morgan fingerprint density at radius 2 is 2.06 bits per heavy atom. The van der Waals surface area contributed by atoms with Crippen molar-refractivity contribution in [1.29, 1.82) is 0 Å². The van der Waals surface area contributed by atoms with Gasteiger partial charge in [-0.1, -0.05) is 17.3 Å². The van der Waals surface area contributed by atoms with Gasteiger partial charge in [0.15, 0.2) is 5.82 Å². The van der Waals surface area contributed by atoms with E-state index in [1.54, 1.807) is 7.11 Å². The molecular weight excluding hydrogens is 220 g/mol. The van der Waals surface area contributed by atoms with E-state index in [1.165, 1.54) is 0 Å². The van der Waals surface area contributed by atoms with Crippen molar-refractivity contribution in [2.45, 2.75) is 12.8 Å². The standard InChI is InChI=1S/C12H14N2O3/c1-16-10-4-2-9(3-5-10)8-12-13-11(6-7-15)14-17-12/h2-5,15H,6-8H2,1H3. The summed E-state index contributed by atoms with van der Waals surface area (Å²) >= 11 is 0. The molecule has 0 aliphatic rings. The smallest absolute Gasteiger partial charge is 0.231 e. The predicted molar refractivity (Wildman–Crippen MR) is 60.9 cm³/mol. The second-order valence-corrected chi connectivity index (χ2v) is 3.60. The first-order valence-corrected chi connectivity index (χ1v) is 5.37. The average Bonchev–Trinajstić information content (AvgIpc) is 2.78. The van der Waals surface area contributed by atoms with Gasteiger partial charge in [-0.15, -0.1) is 0 Å². The molecule has 17 heavy (non-hydrogen) atoms. The van der Waals surface area contributed by atoms with Crippen molar-refractivity contribution in [1.82, 2.24) is 10.1 Å². The Labute approximate surface area is 99.0 Å². The molecule has 2 rings (SSSR count). The first kappa shape index (κ1) is 11.6. The molecule has 0 amide bonds. The maximum absolute atomic E-state index is 8.74. The van der Waals surface area contributed by atoms with Crippen molar-refractivity contribution < 1.29 is 14.4 Å². The average molecular weight is 234 g/mol. The van der Waals surface area contributed by atoms with E-state index in [0.29, 0.717) is 24.6 Å². The highest BCUT2D eigenvalue weighted by Gasteiger charge is 2.06. The predicted octanol–water partition coefficient (Wildman–Crippen LogP) is 1.20. The summed E-state index contributed by atoms with van der Waals surface area (Å²) in [4.78, 5) is 4.17. The third-order valence-electron chi connectivity index (χ3n) is 2.36. The number of methoxy groups -OCH3 is 1. The molecule has 90 valence electrons. The fraction of sp³-hybridized carbons (Fsp3) is 0.333. The fourth-order valence-corrected chi connectivity index (χ4v) is 1.48. The topological polar surface area (TPSA) is 68.4 Å². The number of benzene rings is 1. The van der Waals surface area contributed by atoms with Crippen LogP contribution in [-0.4, -0.2) is 29.0 Å². The highest BCUT2D eigenvalue weighted by Crippen LogP contribution is 2.14. The highest BCUT2D eigenvalue weighted by molar-refractivity contribution is 5.28. The number of aromatic nitrogens is 2. The minimum absolute atomic E-state index is 0.0293. The van der Waals surface area contributed by atoms with Gasteiger partial charge < -0.3 is 14.4 Å². The Kier molecular flexibility index (Phi) is 3.72. The molecule has 0 aliphatic heterocycles. The van der Waals surface area contributed by atoms with Crippen LogP contribution in [0.15, 0.2) is 28.8 Å². The van der Waals surface area contributed by atoms with Crippen LogP contribution in [0.4, 0.5) is 0 Å². The Morgan fingerprint density at radius 1 is 1.29 bits per heavy atom. The van der Waals surface area contributed by atoms with Crippen molar-refractivity contribution in [3.8, 4) is 5.75 Å². The molecule has 5 nitrogen and oxygen atoms in total. The number of nitrogens with zero attached hydrogens (tertiary/aromatic N) is 2. The van der Waals surface area contributed by atoms with Crippen LogP contribution in [0.3, 0.4) is 0 Å². The van der Waals surface area contributed by atoms with E-state index in [0.717, 1.165) is 11.3 Å². The van der Waals surface area contributed by atoms with Gasteiger partial charge in [0.2, 0.25) is 5.89 Å². The molecule has 0 fully saturated rings. The van der Waals surface area contributed by atoms with E-state index in [4.69, 9.17) is 14.4 Å². The summed E-state index contributed by atoms with van der Waals surface area (Å²) < 4.78 is 10.2. The Balaban J connectivity index is 2.03. The lowest BCUT2D eigenvalue weighted by Crippen LogP contribution is -1.94. The van der Waals surface area contributed by atoms with Gasteiger partial charge >= 0.3 is 0 Å². The van der Waals surface area contributed by atoms with Crippen molar-refractivity contribution in [2.24, 2.45) is 0 Å². The van der Waals surface area contributed by atoms with Crippen LogP contribution in [0, 0.1) is 0 Å². The van der Waals surface area contributed by atoms with Crippen LogP contribution in [0.25, 0.3) is 0 Å². The molecule has 1 N–H and O–H groups in total. The first-order chi connectivity index (χ1) is 8.31. The van der Waals surface area contributed by atoms with E-state index in [9.17, 15) is 0 Å². The molecule has 0 atom stereocenters. The molecule has 0 spiro atoms. The zero-order valence-electron chi connectivity index (χ0n) is 9.59. The van der Waals surface area contributed by atoms with Crippen LogP contribution >= 0.6 is 0 Å². The van der Waals surface area contributed by atoms with E-state index in [1.807, 2.05) is 24.3 Å². The van der Waals surface area contributed by atoms with Gasteiger partial charge in [-0.25, -0.2) is 0 Å². The molecule has 5 heteroatoms. The Morgan fingerprint density at radius 3 is 2.71 bits per heavy atom. The minimum atomic E-state index is 0.0293. The van der Waals surface area contributed by atoms with Crippen molar-refractivity contribution in [3.05, 3.63) is 41.5 Å². The van der Waals surface area contributed by atoms with Crippen molar-refractivity contribution in [2.75, 3.05) is 13.7 Å². The van der Waals surface area contributed by atoms with Gasteiger partial charge in [0.1, 0.15) is 5.75 Å². The van der Waals surface area contributed by atoms with Crippen LogP contribution in [-0.2, 0) is 12.8 Å². The van der Waals surface area contributed by atoms with Gasteiger partial charge in [0.05, 0.1) is 20.1 Å². The second kappa shape index (κ2) is 5.45. The summed E-state index contributed by atoms with van der Waals surface area (Å²) in [6.45, 7) is 0.0293. The first-order valence-electron chi connectivity index (χ1n) is 5.37. The lowest BCUT2D eigenvalue weighted by atomic mass is 10.1. The van der Waals surface area contributed by atoms with Crippen LogP contribution < -0.4 is 4.74 Å². The molecular formula is C12H14N2O3. The Bertz CT molecular complexity index is 465. The summed E-state index contributed by atoms with van der Waals surface area (Å²) in [5.41, 5.74) is 1.07.